The van der Waals surface area contributed by atoms with Gasteiger partial charge >= 0.3 is 5.97 Å². The normalized spacial score (nSPS) is 14.2. The molecule has 0 aromatic carbocycles. The minimum atomic E-state index is -1.21. The molecule has 0 atom stereocenters. The quantitative estimate of drug-likeness (QED) is 0.654. The number of carboxylic acid groups (broad SMARTS) is 1. The molecule has 1 aromatic heterocycles. The molecule has 1 N–H and O–H groups in total. The summed E-state index contributed by atoms with van der Waals surface area (Å²) in [6.45, 7) is 0.753. The van der Waals surface area contributed by atoms with Crippen LogP contribution < -0.4 is 5.56 Å². The van der Waals surface area contributed by atoms with Crippen LogP contribution in [0.4, 0.5) is 0 Å². The van der Waals surface area contributed by atoms with Gasteiger partial charge in [0.05, 0.1) is 0 Å². The van der Waals surface area contributed by atoms with E-state index in [1.54, 1.807) is 4.57 Å². The number of carboxylic acids is 1. The predicted molar refractivity (Wildman–Crippen MR) is 43.8 cm³/mol. The van der Waals surface area contributed by atoms with Crippen LogP contribution in [0, 0.1) is 0 Å². The number of aromatic carboxylic acids is 1. The third-order valence-electron chi connectivity index (χ3n) is 2.11. The Morgan fingerprint density at radius 3 is 3.08 bits per heavy atom. The van der Waals surface area contributed by atoms with Crippen molar-refractivity contribution in [3.05, 3.63) is 27.9 Å². The molecule has 0 unspecified atom stereocenters. The minimum Gasteiger partial charge on any atom is -0.477 e. The maximum atomic E-state index is 11.1. The summed E-state index contributed by atoms with van der Waals surface area (Å²) in [7, 11) is 0. The van der Waals surface area contributed by atoms with E-state index in [1.165, 1.54) is 6.20 Å². The van der Waals surface area contributed by atoms with Gasteiger partial charge in [-0.05, 0) is 6.42 Å². The predicted octanol–water partition coefficient (Wildman–Crippen LogP) is -0.112. The van der Waals surface area contributed by atoms with Gasteiger partial charge in [0.2, 0.25) is 0 Å². The second-order valence-electron chi connectivity index (χ2n) is 2.98. The van der Waals surface area contributed by atoms with Crippen LogP contribution in [0.1, 0.15) is 22.6 Å². The second kappa shape index (κ2) is 2.69. The molecule has 1 aromatic rings. The average Bonchev–Trinajstić information content (AvgIpc) is 2.48. The summed E-state index contributed by atoms with van der Waals surface area (Å²) in [5.74, 6) is -0.519. The first-order valence-electron chi connectivity index (χ1n) is 4.02. The van der Waals surface area contributed by atoms with Crippen molar-refractivity contribution >= 4 is 5.97 Å². The van der Waals surface area contributed by atoms with E-state index in [9.17, 15) is 9.59 Å². The standard InChI is InChI=1S/C8H8N2O3/c11-7-5(8(12)13)4-10-3-1-2-6(10)9-7/h4H,1-3H2,(H,12,13). The van der Waals surface area contributed by atoms with Gasteiger partial charge in [-0.3, -0.25) is 4.79 Å². The van der Waals surface area contributed by atoms with E-state index in [0.717, 1.165) is 19.4 Å². The largest absolute Gasteiger partial charge is 0.477 e. The SMILES string of the molecule is O=C(O)c1cn2c(nc1=O)CCC2. The molecule has 1 aliphatic rings. The molecule has 0 fully saturated rings. The van der Waals surface area contributed by atoms with Gasteiger partial charge in [-0.1, -0.05) is 0 Å². The lowest BCUT2D eigenvalue weighted by molar-refractivity contribution is 0.0694. The van der Waals surface area contributed by atoms with Crippen LogP contribution in [0.3, 0.4) is 0 Å². The van der Waals surface area contributed by atoms with Gasteiger partial charge in [0.15, 0.2) is 0 Å². The molecule has 5 heteroatoms. The molecule has 13 heavy (non-hydrogen) atoms. The molecule has 0 saturated heterocycles. The number of carbonyl (C=O) groups is 1. The highest BCUT2D eigenvalue weighted by Gasteiger charge is 2.16. The highest BCUT2D eigenvalue weighted by Crippen LogP contribution is 2.10. The maximum absolute atomic E-state index is 11.1. The fourth-order valence-corrected chi connectivity index (χ4v) is 1.47. The first-order valence-corrected chi connectivity index (χ1v) is 4.02. The zero-order chi connectivity index (χ0) is 9.42. The van der Waals surface area contributed by atoms with Crippen LogP contribution in [0.2, 0.25) is 0 Å². The number of aryl methyl sites for hydroxylation is 2. The van der Waals surface area contributed by atoms with Crippen molar-refractivity contribution < 1.29 is 9.90 Å². The summed E-state index contributed by atoms with van der Waals surface area (Å²) in [5.41, 5.74) is -0.883. The lowest BCUT2D eigenvalue weighted by atomic mass is 10.3. The Labute approximate surface area is 73.7 Å². The maximum Gasteiger partial charge on any atom is 0.342 e. The van der Waals surface area contributed by atoms with Gasteiger partial charge in [-0.2, -0.15) is 4.98 Å². The average molecular weight is 180 g/mol. The highest BCUT2D eigenvalue weighted by atomic mass is 16.4. The van der Waals surface area contributed by atoms with Gasteiger partial charge in [-0.15, -0.1) is 0 Å². The first-order chi connectivity index (χ1) is 6.18. The van der Waals surface area contributed by atoms with Crippen molar-refractivity contribution in [2.75, 3.05) is 0 Å². The fraction of sp³-hybridized carbons (Fsp3) is 0.375. The smallest absolute Gasteiger partial charge is 0.342 e. The summed E-state index contributed by atoms with van der Waals surface area (Å²) in [6.07, 6.45) is 3.06. The number of aromatic nitrogens is 2. The monoisotopic (exact) mass is 180 g/mol. The van der Waals surface area contributed by atoms with Gasteiger partial charge < -0.3 is 9.67 Å². The molecule has 0 saturated carbocycles. The number of fused-ring (bicyclic) bond motifs is 1. The highest BCUT2D eigenvalue weighted by molar-refractivity contribution is 5.86. The van der Waals surface area contributed by atoms with E-state index in [2.05, 4.69) is 4.98 Å². The van der Waals surface area contributed by atoms with Gasteiger partial charge in [-0.25, -0.2) is 4.79 Å². The van der Waals surface area contributed by atoms with E-state index in [4.69, 9.17) is 5.11 Å². The zero-order valence-electron chi connectivity index (χ0n) is 6.86. The Morgan fingerprint density at radius 2 is 2.38 bits per heavy atom. The van der Waals surface area contributed by atoms with Crippen LogP contribution >= 0.6 is 0 Å². The molecule has 2 heterocycles. The Bertz CT molecular complexity index is 422. The van der Waals surface area contributed by atoms with Gasteiger partial charge in [0.25, 0.3) is 5.56 Å². The van der Waals surface area contributed by atoms with Crippen molar-refractivity contribution in [2.45, 2.75) is 19.4 Å². The van der Waals surface area contributed by atoms with Crippen LogP contribution in [-0.4, -0.2) is 20.6 Å². The van der Waals surface area contributed by atoms with Crippen molar-refractivity contribution in [2.24, 2.45) is 0 Å². The molecular weight excluding hydrogens is 172 g/mol. The zero-order valence-corrected chi connectivity index (χ0v) is 6.86. The molecular formula is C8H8N2O3. The minimum absolute atomic E-state index is 0.245. The van der Waals surface area contributed by atoms with E-state index >= 15 is 0 Å². The van der Waals surface area contributed by atoms with Gasteiger partial charge in [0.1, 0.15) is 11.4 Å². The van der Waals surface area contributed by atoms with E-state index in [1.807, 2.05) is 0 Å². The Balaban J connectivity index is 2.62. The molecule has 0 amide bonds. The van der Waals surface area contributed by atoms with Crippen LogP contribution in [0.5, 0.6) is 0 Å². The number of nitrogens with zero attached hydrogens (tertiary/aromatic N) is 2. The number of hydrogen-bond donors (Lipinski definition) is 1. The molecule has 68 valence electrons. The Morgan fingerprint density at radius 1 is 1.62 bits per heavy atom. The molecule has 0 spiro atoms. The molecule has 5 nitrogen and oxygen atoms in total. The van der Waals surface area contributed by atoms with Crippen molar-refractivity contribution in [3.8, 4) is 0 Å². The third-order valence-corrected chi connectivity index (χ3v) is 2.11. The summed E-state index contributed by atoms with van der Waals surface area (Å²) in [6, 6.07) is 0. The molecule has 0 aliphatic carbocycles. The summed E-state index contributed by atoms with van der Waals surface area (Å²) in [5, 5.41) is 8.64. The Hall–Kier alpha value is -1.65. The van der Waals surface area contributed by atoms with E-state index in [-0.39, 0.29) is 5.56 Å². The first kappa shape index (κ1) is 7.97. The third kappa shape index (κ3) is 1.22. The number of rotatable bonds is 1. The second-order valence-corrected chi connectivity index (χ2v) is 2.98. The van der Waals surface area contributed by atoms with E-state index in [0.29, 0.717) is 5.82 Å². The number of hydrogen-bond acceptors (Lipinski definition) is 3. The van der Waals surface area contributed by atoms with Crippen molar-refractivity contribution in [1.29, 1.82) is 0 Å². The van der Waals surface area contributed by atoms with Crippen molar-refractivity contribution in [3.63, 3.8) is 0 Å². The van der Waals surface area contributed by atoms with Crippen LogP contribution in [0.25, 0.3) is 0 Å². The van der Waals surface area contributed by atoms with Gasteiger partial charge in [0, 0.05) is 19.2 Å². The van der Waals surface area contributed by atoms with E-state index < -0.39 is 11.5 Å². The topological polar surface area (TPSA) is 72.2 Å². The Kier molecular flexibility index (Phi) is 1.65. The van der Waals surface area contributed by atoms with Crippen LogP contribution in [-0.2, 0) is 13.0 Å². The molecule has 0 radical (unpaired) electrons. The molecule has 2 rings (SSSR count). The van der Waals surface area contributed by atoms with Crippen LogP contribution in [0.15, 0.2) is 11.0 Å². The summed E-state index contributed by atoms with van der Waals surface area (Å²) >= 11 is 0. The molecule has 1 aliphatic heterocycles. The summed E-state index contributed by atoms with van der Waals surface area (Å²) in [4.78, 5) is 25.4. The fourth-order valence-electron chi connectivity index (χ4n) is 1.47. The van der Waals surface area contributed by atoms with Crippen molar-refractivity contribution in [1.82, 2.24) is 9.55 Å². The summed E-state index contributed by atoms with van der Waals surface area (Å²) < 4.78 is 1.73. The lowest BCUT2D eigenvalue weighted by Gasteiger charge is -2.02. The molecule has 0 bridgehead atoms. The lowest BCUT2D eigenvalue weighted by Crippen LogP contribution is -2.21.